The molecule has 1 aromatic heterocycles. The van der Waals surface area contributed by atoms with Crippen LogP contribution in [0.25, 0.3) is 0 Å². The van der Waals surface area contributed by atoms with Crippen molar-refractivity contribution in [1.82, 2.24) is 15.6 Å². The summed E-state index contributed by atoms with van der Waals surface area (Å²) < 4.78 is 0. The van der Waals surface area contributed by atoms with Gasteiger partial charge in [-0.3, -0.25) is 14.6 Å². The number of aromatic nitrogens is 1. The van der Waals surface area contributed by atoms with Gasteiger partial charge in [0.25, 0.3) is 0 Å². The van der Waals surface area contributed by atoms with Crippen LogP contribution in [-0.4, -0.2) is 29.3 Å². The maximum Gasteiger partial charge on any atom is 0.237 e. The van der Waals surface area contributed by atoms with E-state index in [1.54, 1.807) is 12.4 Å². The van der Waals surface area contributed by atoms with Crippen molar-refractivity contribution >= 4 is 11.7 Å². The molecule has 5 heteroatoms. The van der Waals surface area contributed by atoms with Crippen LogP contribution in [0.2, 0.25) is 0 Å². The molecule has 0 spiro atoms. The Hall–Kier alpha value is -1.75. The van der Waals surface area contributed by atoms with Gasteiger partial charge in [0.15, 0.2) is 0 Å². The second-order valence-electron chi connectivity index (χ2n) is 5.65. The third-order valence-corrected chi connectivity index (χ3v) is 4.02. The molecule has 1 amide bonds. The lowest BCUT2D eigenvalue weighted by Gasteiger charge is -2.11. The van der Waals surface area contributed by atoms with E-state index in [4.69, 9.17) is 0 Å². The number of nitrogens with zero attached hydrogens (tertiary/aromatic N) is 1. The number of Topliss-reactive ketones (excluding diaryl/α,β-unsaturated/α-hetero) is 1. The highest BCUT2D eigenvalue weighted by molar-refractivity contribution is 5.88. The normalized spacial score (nSPS) is 25.4. The summed E-state index contributed by atoms with van der Waals surface area (Å²) in [6, 6.07) is 3.54. The molecule has 0 radical (unpaired) electrons. The van der Waals surface area contributed by atoms with E-state index in [0.29, 0.717) is 25.3 Å². The lowest BCUT2D eigenvalue weighted by Crippen LogP contribution is -2.40. The molecule has 1 aliphatic heterocycles. The average Bonchev–Trinajstić information content (AvgIpc) is 3.22. The van der Waals surface area contributed by atoms with Gasteiger partial charge in [-0.25, -0.2) is 0 Å². The summed E-state index contributed by atoms with van der Waals surface area (Å²) in [4.78, 5) is 28.1. The van der Waals surface area contributed by atoms with Crippen molar-refractivity contribution in [3.05, 3.63) is 30.1 Å². The van der Waals surface area contributed by atoms with E-state index in [9.17, 15) is 9.59 Å². The lowest BCUT2D eigenvalue weighted by atomic mass is 9.97. The van der Waals surface area contributed by atoms with Crippen molar-refractivity contribution < 1.29 is 9.59 Å². The number of hydrogen-bond acceptors (Lipinski definition) is 4. The van der Waals surface area contributed by atoms with Crippen LogP contribution >= 0.6 is 0 Å². The largest absolute Gasteiger partial charge is 0.351 e. The van der Waals surface area contributed by atoms with Gasteiger partial charge in [0, 0.05) is 37.3 Å². The third kappa shape index (κ3) is 3.04. The molecule has 1 aromatic rings. The fraction of sp³-hybridized carbons (Fsp3) is 0.533. The average molecular weight is 273 g/mol. The highest BCUT2D eigenvalue weighted by atomic mass is 16.2. The van der Waals surface area contributed by atoms with Crippen molar-refractivity contribution in [2.45, 2.75) is 31.8 Å². The van der Waals surface area contributed by atoms with Gasteiger partial charge in [-0.05, 0) is 30.9 Å². The van der Waals surface area contributed by atoms with Gasteiger partial charge in [0.2, 0.25) is 5.91 Å². The van der Waals surface area contributed by atoms with Crippen LogP contribution in [0.5, 0.6) is 0 Å². The fourth-order valence-corrected chi connectivity index (χ4v) is 2.67. The Bertz CT molecular complexity index is 499. The first kappa shape index (κ1) is 13.2. The summed E-state index contributed by atoms with van der Waals surface area (Å²) in [6.07, 6.45) is 6.15. The first-order valence-corrected chi connectivity index (χ1v) is 7.18. The van der Waals surface area contributed by atoms with Crippen LogP contribution in [0, 0.1) is 11.8 Å². The molecule has 2 atom stereocenters. The smallest absolute Gasteiger partial charge is 0.237 e. The zero-order valence-corrected chi connectivity index (χ0v) is 11.3. The van der Waals surface area contributed by atoms with Crippen LogP contribution < -0.4 is 10.6 Å². The van der Waals surface area contributed by atoms with Crippen molar-refractivity contribution in [2.75, 3.05) is 6.54 Å². The number of carbonyl (C=O) groups is 2. The zero-order chi connectivity index (χ0) is 13.9. The maximum absolute atomic E-state index is 12.1. The molecule has 2 fully saturated rings. The molecule has 2 aliphatic rings. The highest BCUT2D eigenvalue weighted by Gasteiger charge is 2.39. The number of amides is 1. The Morgan fingerprint density at radius 3 is 2.90 bits per heavy atom. The van der Waals surface area contributed by atoms with Crippen LogP contribution in [0.15, 0.2) is 24.5 Å². The van der Waals surface area contributed by atoms with E-state index in [2.05, 4.69) is 15.6 Å². The van der Waals surface area contributed by atoms with Crippen molar-refractivity contribution in [3.8, 4) is 0 Å². The number of hydrogen-bond donors (Lipinski definition) is 2. The topological polar surface area (TPSA) is 71.1 Å². The van der Waals surface area contributed by atoms with E-state index < -0.39 is 0 Å². The van der Waals surface area contributed by atoms with E-state index in [0.717, 1.165) is 18.4 Å². The van der Waals surface area contributed by atoms with Gasteiger partial charge < -0.3 is 10.6 Å². The Balaban J connectivity index is 1.47. The molecule has 106 valence electrons. The summed E-state index contributed by atoms with van der Waals surface area (Å²) >= 11 is 0. The molecule has 1 saturated carbocycles. The minimum atomic E-state index is -0.237. The maximum atomic E-state index is 12.1. The predicted molar refractivity (Wildman–Crippen MR) is 73.7 cm³/mol. The monoisotopic (exact) mass is 273 g/mol. The van der Waals surface area contributed by atoms with Crippen LogP contribution in [0.3, 0.4) is 0 Å². The van der Waals surface area contributed by atoms with Gasteiger partial charge in [0.1, 0.15) is 5.78 Å². The Labute approximate surface area is 118 Å². The Morgan fingerprint density at radius 1 is 1.35 bits per heavy atom. The molecule has 0 aromatic carbocycles. The van der Waals surface area contributed by atoms with Crippen molar-refractivity contribution in [1.29, 1.82) is 0 Å². The standard InChI is InChI=1S/C15H19N3O2/c19-14(11-3-4-11)12-6-13(17-9-12)15(20)18-8-10-2-1-5-16-7-10/h1-2,5,7,11-13,17H,3-4,6,8-9H2,(H,18,20). The van der Waals surface area contributed by atoms with Gasteiger partial charge in [-0.1, -0.05) is 6.07 Å². The molecule has 20 heavy (non-hydrogen) atoms. The van der Waals surface area contributed by atoms with Gasteiger partial charge in [-0.15, -0.1) is 0 Å². The van der Waals surface area contributed by atoms with Crippen LogP contribution in [-0.2, 0) is 16.1 Å². The highest BCUT2D eigenvalue weighted by Crippen LogP contribution is 2.34. The van der Waals surface area contributed by atoms with E-state index >= 15 is 0 Å². The summed E-state index contributed by atoms with van der Waals surface area (Å²) in [5.41, 5.74) is 0.976. The Morgan fingerprint density at radius 2 is 2.20 bits per heavy atom. The van der Waals surface area contributed by atoms with Gasteiger partial charge in [-0.2, -0.15) is 0 Å². The van der Waals surface area contributed by atoms with Crippen molar-refractivity contribution in [3.63, 3.8) is 0 Å². The number of nitrogens with one attached hydrogen (secondary N) is 2. The first-order valence-electron chi connectivity index (χ1n) is 7.18. The minimum Gasteiger partial charge on any atom is -0.351 e. The molecule has 0 bridgehead atoms. The fourth-order valence-electron chi connectivity index (χ4n) is 2.67. The quantitative estimate of drug-likeness (QED) is 0.826. The predicted octanol–water partition coefficient (Wildman–Crippen LogP) is 0.655. The summed E-state index contributed by atoms with van der Waals surface area (Å²) in [7, 11) is 0. The lowest BCUT2D eigenvalue weighted by molar-refractivity contribution is -0.124. The number of rotatable bonds is 5. The molecule has 2 N–H and O–H groups in total. The van der Waals surface area contributed by atoms with E-state index in [-0.39, 0.29) is 23.8 Å². The molecule has 2 unspecified atom stereocenters. The number of pyridine rings is 1. The van der Waals surface area contributed by atoms with E-state index in [1.165, 1.54) is 0 Å². The van der Waals surface area contributed by atoms with Gasteiger partial charge >= 0.3 is 0 Å². The zero-order valence-electron chi connectivity index (χ0n) is 11.3. The molecule has 3 rings (SSSR count). The molecule has 5 nitrogen and oxygen atoms in total. The minimum absolute atomic E-state index is 0.0247. The van der Waals surface area contributed by atoms with Crippen LogP contribution in [0.1, 0.15) is 24.8 Å². The summed E-state index contributed by atoms with van der Waals surface area (Å²) in [5.74, 6) is 0.621. The van der Waals surface area contributed by atoms with Gasteiger partial charge in [0.05, 0.1) is 6.04 Å². The number of ketones is 1. The third-order valence-electron chi connectivity index (χ3n) is 4.02. The van der Waals surface area contributed by atoms with Crippen LogP contribution in [0.4, 0.5) is 0 Å². The molecule has 2 heterocycles. The number of carbonyl (C=O) groups excluding carboxylic acids is 2. The molecule has 1 saturated heterocycles. The van der Waals surface area contributed by atoms with E-state index in [1.807, 2.05) is 12.1 Å². The SMILES string of the molecule is O=C(C1CC1)C1CNC(C(=O)NCc2cccnc2)C1. The first-order chi connectivity index (χ1) is 9.74. The molecule has 1 aliphatic carbocycles. The van der Waals surface area contributed by atoms with Crippen molar-refractivity contribution in [2.24, 2.45) is 11.8 Å². The second kappa shape index (κ2) is 5.71. The molecular formula is C15H19N3O2. The summed E-state index contributed by atoms with van der Waals surface area (Å²) in [6.45, 7) is 1.12. The second-order valence-corrected chi connectivity index (χ2v) is 5.65. The summed E-state index contributed by atoms with van der Waals surface area (Å²) in [5, 5.41) is 6.05. The molecular weight excluding hydrogens is 254 g/mol. The Kier molecular flexibility index (Phi) is 3.78.